The van der Waals surface area contributed by atoms with Gasteiger partial charge in [-0.1, -0.05) is 18.2 Å². The van der Waals surface area contributed by atoms with Crippen molar-refractivity contribution in [3.05, 3.63) is 35.9 Å². The number of nitrogens with one attached hydrogen (secondary N) is 1. The lowest BCUT2D eigenvalue weighted by Crippen LogP contribution is -2.62. The Balaban J connectivity index is 0.00000220. The van der Waals surface area contributed by atoms with E-state index in [4.69, 9.17) is 0 Å². The average molecular weight is 313 g/mol. The van der Waals surface area contributed by atoms with Crippen LogP contribution in [0.4, 0.5) is 0 Å². The molecule has 1 aromatic carbocycles. The maximum absolute atomic E-state index is 12.2. The van der Waals surface area contributed by atoms with Gasteiger partial charge in [-0.05, 0) is 52.7 Å². The van der Waals surface area contributed by atoms with E-state index in [-0.39, 0.29) is 35.4 Å². The molecule has 0 unspecified atom stereocenters. The molecule has 2 rings (SSSR count). The molecule has 1 saturated heterocycles. The lowest BCUT2D eigenvalue weighted by Gasteiger charge is -2.51. The lowest BCUT2D eigenvalue weighted by atomic mass is 9.79. The van der Waals surface area contributed by atoms with E-state index in [9.17, 15) is 10.0 Å². The van der Waals surface area contributed by atoms with Crippen LogP contribution in [-0.2, 0) is 0 Å². The Labute approximate surface area is 132 Å². The number of hydroxylamine groups is 2. The van der Waals surface area contributed by atoms with Crippen LogP contribution in [0.2, 0.25) is 0 Å². The number of hydrogen-bond donors (Lipinski definition) is 2. The smallest absolute Gasteiger partial charge is 0.251 e. The molecule has 1 aliphatic rings. The molecule has 0 spiro atoms. The van der Waals surface area contributed by atoms with Gasteiger partial charge < -0.3 is 10.5 Å². The van der Waals surface area contributed by atoms with E-state index in [1.165, 1.54) is 5.06 Å². The molecule has 5 heteroatoms. The standard InChI is InChI=1S/C16H24N2O2.ClH/c1-15(2)10-13(11-16(3,4)18(15)20)17-14(19)12-8-6-5-7-9-12;/h5-9,13,20H,10-11H2,1-4H3,(H,17,19);1H. The molecule has 1 fully saturated rings. The zero-order valence-corrected chi connectivity index (χ0v) is 13.9. The highest BCUT2D eigenvalue weighted by Crippen LogP contribution is 2.36. The molecule has 1 amide bonds. The molecule has 1 aliphatic heterocycles. The van der Waals surface area contributed by atoms with Crippen molar-refractivity contribution in [1.29, 1.82) is 0 Å². The molecule has 1 aromatic rings. The van der Waals surface area contributed by atoms with Gasteiger partial charge in [-0.15, -0.1) is 12.4 Å². The van der Waals surface area contributed by atoms with Crippen LogP contribution in [0.25, 0.3) is 0 Å². The van der Waals surface area contributed by atoms with Crippen LogP contribution >= 0.6 is 12.4 Å². The third-order valence-corrected chi connectivity index (χ3v) is 4.01. The van der Waals surface area contributed by atoms with Crippen LogP contribution < -0.4 is 5.32 Å². The van der Waals surface area contributed by atoms with Crippen molar-refractivity contribution < 1.29 is 10.0 Å². The molecule has 0 saturated carbocycles. The summed E-state index contributed by atoms with van der Waals surface area (Å²) in [7, 11) is 0. The highest BCUT2D eigenvalue weighted by Gasteiger charge is 2.45. The second kappa shape index (κ2) is 6.34. The van der Waals surface area contributed by atoms with E-state index in [0.717, 1.165) is 12.8 Å². The van der Waals surface area contributed by atoms with Gasteiger partial charge in [0.25, 0.3) is 5.91 Å². The van der Waals surface area contributed by atoms with Crippen molar-refractivity contribution >= 4 is 18.3 Å². The van der Waals surface area contributed by atoms with Crippen molar-refractivity contribution in [2.75, 3.05) is 0 Å². The summed E-state index contributed by atoms with van der Waals surface area (Å²) in [6.07, 6.45) is 1.46. The van der Waals surface area contributed by atoms with Gasteiger partial charge in [0.15, 0.2) is 0 Å². The minimum atomic E-state index is -0.351. The number of piperidine rings is 1. The maximum Gasteiger partial charge on any atom is 0.251 e. The van der Waals surface area contributed by atoms with E-state index in [0.29, 0.717) is 5.56 Å². The lowest BCUT2D eigenvalue weighted by molar-refractivity contribution is -0.245. The predicted octanol–water partition coefficient (Wildman–Crippen LogP) is 3.25. The van der Waals surface area contributed by atoms with Crippen LogP contribution in [0.5, 0.6) is 0 Å². The number of rotatable bonds is 2. The Kier molecular flexibility index (Phi) is 5.42. The third kappa shape index (κ3) is 3.96. The van der Waals surface area contributed by atoms with Crippen molar-refractivity contribution in [2.24, 2.45) is 0 Å². The van der Waals surface area contributed by atoms with Crippen LogP contribution in [0.3, 0.4) is 0 Å². The number of carbonyl (C=O) groups is 1. The first-order valence-electron chi connectivity index (χ1n) is 7.07. The second-order valence-electron chi connectivity index (χ2n) is 6.88. The van der Waals surface area contributed by atoms with Gasteiger partial charge in [-0.2, -0.15) is 5.06 Å². The number of benzene rings is 1. The fourth-order valence-corrected chi connectivity index (χ4v) is 3.23. The zero-order valence-electron chi connectivity index (χ0n) is 13.1. The average Bonchev–Trinajstić information content (AvgIpc) is 2.36. The highest BCUT2D eigenvalue weighted by atomic mass is 35.5. The Morgan fingerprint density at radius 1 is 1.14 bits per heavy atom. The summed E-state index contributed by atoms with van der Waals surface area (Å²) in [6, 6.07) is 9.31. The summed E-state index contributed by atoms with van der Waals surface area (Å²) >= 11 is 0. The van der Waals surface area contributed by atoms with Crippen molar-refractivity contribution in [3.63, 3.8) is 0 Å². The first kappa shape index (κ1) is 18.0. The highest BCUT2D eigenvalue weighted by molar-refractivity contribution is 5.94. The van der Waals surface area contributed by atoms with Gasteiger partial charge in [0.05, 0.1) is 0 Å². The Hall–Kier alpha value is -1.10. The summed E-state index contributed by atoms with van der Waals surface area (Å²) in [5.41, 5.74) is -0.0261. The molecule has 1 heterocycles. The molecule has 0 atom stereocenters. The van der Waals surface area contributed by atoms with E-state index >= 15 is 0 Å². The largest absolute Gasteiger partial charge is 0.349 e. The first-order chi connectivity index (χ1) is 9.22. The van der Waals surface area contributed by atoms with E-state index < -0.39 is 0 Å². The van der Waals surface area contributed by atoms with Gasteiger partial charge in [0, 0.05) is 22.7 Å². The fourth-order valence-electron chi connectivity index (χ4n) is 3.23. The fraction of sp³-hybridized carbons (Fsp3) is 0.562. The van der Waals surface area contributed by atoms with Gasteiger partial charge in [0.1, 0.15) is 0 Å². The van der Waals surface area contributed by atoms with E-state index in [2.05, 4.69) is 5.32 Å². The molecule has 0 aliphatic carbocycles. The molecule has 21 heavy (non-hydrogen) atoms. The van der Waals surface area contributed by atoms with E-state index in [1.807, 2.05) is 58.0 Å². The van der Waals surface area contributed by atoms with E-state index in [1.54, 1.807) is 0 Å². The molecule has 0 aromatic heterocycles. The van der Waals surface area contributed by atoms with Gasteiger partial charge in [-0.25, -0.2) is 0 Å². The topological polar surface area (TPSA) is 52.6 Å². The summed E-state index contributed by atoms with van der Waals surface area (Å²) in [5.74, 6) is -0.0476. The van der Waals surface area contributed by atoms with Gasteiger partial charge in [0.2, 0.25) is 0 Å². The molecule has 118 valence electrons. The molecular formula is C16H25ClN2O2. The predicted molar refractivity (Wildman–Crippen MR) is 86.0 cm³/mol. The number of amides is 1. The molecular weight excluding hydrogens is 288 g/mol. The summed E-state index contributed by atoms with van der Waals surface area (Å²) in [6.45, 7) is 7.98. The van der Waals surface area contributed by atoms with Crippen LogP contribution in [0.1, 0.15) is 50.9 Å². The SMILES string of the molecule is CC1(C)CC(NC(=O)c2ccccc2)CC(C)(C)N1O.Cl. The number of nitrogens with zero attached hydrogens (tertiary/aromatic N) is 1. The van der Waals surface area contributed by atoms with Gasteiger partial charge in [-0.3, -0.25) is 4.79 Å². The van der Waals surface area contributed by atoms with Crippen LogP contribution in [-0.4, -0.2) is 33.3 Å². The Bertz CT molecular complexity index is 470. The minimum Gasteiger partial charge on any atom is -0.349 e. The summed E-state index contributed by atoms with van der Waals surface area (Å²) in [4.78, 5) is 12.2. The second-order valence-corrected chi connectivity index (χ2v) is 6.88. The normalized spacial score (nSPS) is 21.4. The first-order valence-corrected chi connectivity index (χ1v) is 7.07. The van der Waals surface area contributed by atoms with Crippen molar-refractivity contribution in [1.82, 2.24) is 10.4 Å². The quantitative estimate of drug-likeness (QED) is 0.881. The zero-order chi connectivity index (χ0) is 15.0. The third-order valence-electron chi connectivity index (χ3n) is 4.01. The monoisotopic (exact) mass is 312 g/mol. The number of halogens is 1. The molecule has 2 N–H and O–H groups in total. The molecule has 0 radical (unpaired) electrons. The summed E-state index contributed by atoms with van der Waals surface area (Å²) < 4.78 is 0. The van der Waals surface area contributed by atoms with Crippen LogP contribution in [0, 0.1) is 0 Å². The molecule has 0 bridgehead atoms. The maximum atomic E-state index is 12.2. The van der Waals surface area contributed by atoms with Crippen molar-refractivity contribution in [2.45, 2.75) is 57.7 Å². The molecule has 4 nitrogen and oxygen atoms in total. The van der Waals surface area contributed by atoms with Crippen LogP contribution in [0.15, 0.2) is 30.3 Å². The minimum absolute atomic E-state index is 0. The van der Waals surface area contributed by atoms with Crippen molar-refractivity contribution in [3.8, 4) is 0 Å². The Morgan fingerprint density at radius 3 is 2.10 bits per heavy atom. The number of carbonyl (C=O) groups excluding carboxylic acids is 1. The Morgan fingerprint density at radius 2 is 1.62 bits per heavy atom. The van der Waals surface area contributed by atoms with Gasteiger partial charge >= 0.3 is 0 Å². The summed E-state index contributed by atoms with van der Waals surface area (Å²) in [5, 5.41) is 14.8. The number of hydrogen-bond acceptors (Lipinski definition) is 3.